The summed E-state index contributed by atoms with van der Waals surface area (Å²) in [5, 5.41) is 22.9. The molecule has 0 saturated heterocycles. The SMILES string of the molecule is CC(C)[C@@H]1CC[C@@H](C)C[C@@]1(O)C(=O)NCC(=O)c1ccc(O)cc1. The molecule has 1 amide bonds. The maximum absolute atomic E-state index is 12.6. The number of aromatic hydroxyl groups is 1. The fourth-order valence-corrected chi connectivity index (χ4v) is 3.70. The summed E-state index contributed by atoms with van der Waals surface area (Å²) in [5.74, 6) is -0.250. The van der Waals surface area contributed by atoms with Crippen LogP contribution in [0.4, 0.5) is 0 Å². The van der Waals surface area contributed by atoms with E-state index in [4.69, 9.17) is 0 Å². The minimum Gasteiger partial charge on any atom is -0.508 e. The number of carbonyl (C=O) groups is 2. The molecule has 3 atom stereocenters. The van der Waals surface area contributed by atoms with Crippen molar-refractivity contribution >= 4 is 11.7 Å². The molecular weight excluding hydrogens is 306 g/mol. The van der Waals surface area contributed by atoms with Gasteiger partial charge in [0.1, 0.15) is 11.4 Å². The van der Waals surface area contributed by atoms with Crippen molar-refractivity contribution in [3.63, 3.8) is 0 Å². The Morgan fingerprint density at radius 3 is 2.46 bits per heavy atom. The van der Waals surface area contributed by atoms with Crippen LogP contribution in [0.3, 0.4) is 0 Å². The van der Waals surface area contributed by atoms with Crippen LogP contribution in [-0.2, 0) is 4.79 Å². The molecule has 5 nitrogen and oxygen atoms in total. The first-order chi connectivity index (χ1) is 11.2. The van der Waals surface area contributed by atoms with E-state index in [1.807, 2.05) is 20.8 Å². The second-order valence-corrected chi connectivity index (χ2v) is 7.31. The van der Waals surface area contributed by atoms with Crippen molar-refractivity contribution in [3.05, 3.63) is 29.8 Å². The summed E-state index contributed by atoms with van der Waals surface area (Å²) in [6, 6.07) is 5.89. The summed E-state index contributed by atoms with van der Waals surface area (Å²) < 4.78 is 0. The number of Topliss-reactive ketones (excluding diaryl/α,β-unsaturated/α-hetero) is 1. The third-order valence-corrected chi connectivity index (χ3v) is 5.04. The van der Waals surface area contributed by atoms with Gasteiger partial charge in [0.15, 0.2) is 5.78 Å². The lowest BCUT2D eigenvalue weighted by Gasteiger charge is -2.43. The number of hydrogen-bond acceptors (Lipinski definition) is 4. The van der Waals surface area contributed by atoms with Crippen LogP contribution in [0, 0.1) is 17.8 Å². The Bertz CT molecular complexity index is 596. The van der Waals surface area contributed by atoms with Crippen molar-refractivity contribution in [1.29, 1.82) is 0 Å². The van der Waals surface area contributed by atoms with Gasteiger partial charge in [-0.3, -0.25) is 9.59 Å². The molecule has 0 heterocycles. The summed E-state index contributed by atoms with van der Waals surface area (Å²) in [6.07, 6.45) is 2.24. The van der Waals surface area contributed by atoms with Crippen LogP contribution in [0.1, 0.15) is 50.4 Å². The van der Waals surface area contributed by atoms with Gasteiger partial charge in [-0.25, -0.2) is 0 Å². The molecule has 1 saturated carbocycles. The predicted octanol–water partition coefficient (Wildman–Crippen LogP) is 2.51. The Morgan fingerprint density at radius 1 is 1.25 bits per heavy atom. The maximum Gasteiger partial charge on any atom is 0.252 e. The molecule has 1 aliphatic rings. The van der Waals surface area contributed by atoms with Gasteiger partial charge in [-0.05, 0) is 54.9 Å². The number of amides is 1. The van der Waals surface area contributed by atoms with Gasteiger partial charge in [-0.15, -0.1) is 0 Å². The van der Waals surface area contributed by atoms with Crippen molar-refractivity contribution < 1.29 is 19.8 Å². The van der Waals surface area contributed by atoms with Crippen molar-refractivity contribution in [2.45, 2.75) is 45.6 Å². The molecule has 1 aromatic rings. The highest BCUT2D eigenvalue weighted by Gasteiger charge is 2.48. The minimum absolute atomic E-state index is 0.0841. The van der Waals surface area contributed by atoms with E-state index in [0.717, 1.165) is 12.8 Å². The fraction of sp³-hybridized carbons (Fsp3) is 0.579. The topological polar surface area (TPSA) is 86.6 Å². The molecule has 132 valence electrons. The number of ketones is 1. The van der Waals surface area contributed by atoms with E-state index in [9.17, 15) is 19.8 Å². The average molecular weight is 333 g/mol. The van der Waals surface area contributed by atoms with Gasteiger partial charge in [0.2, 0.25) is 0 Å². The van der Waals surface area contributed by atoms with Crippen molar-refractivity contribution in [2.75, 3.05) is 6.54 Å². The van der Waals surface area contributed by atoms with Crippen LogP contribution >= 0.6 is 0 Å². The van der Waals surface area contributed by atoms with Gasteiger partial charge in [-0.2, -0.15) is 0 Å². The monoisotopic (exact) mass is 333 g/mol. The second kappa shape index (κ2) is 7.34. The van der Waals surface area contributed by atoms with E-state index in [1.165, 1.54) is 24.3 Å². The zero-order valence-corrected chi connectivity index (χ0v) is 14.6. The normalized spacial score (nSPS) is 27.0. The van der Waals surface area contributed by atoms with Crippen LogP contribution in [0.5, 0.6) is 5.75 Å². The Kier molecular flexibility index (Phi) is 5.65. The molecule has 24 heavy (non-hydrogen) atoms. The number of carbonyl (C=O) groups excluding carboxylic acids is 2. The number of rotatable bonds is 5. The molecule has 0 radical (unpaired) electrons. The van der Waals surface area contributed by atoms with Crippen LogP contribution in [0.2, 0.25) is 0 Å². The van der Waals surface area contributed by atoms with E-state index >= 15 is 0 Å². The van der Waals surface area contributed by atoms with E-state index in [1.54, 1.807) is 0 Å². The van der Waals surface area contributed by atoms with E-state index in [2.05, 4.69) is 5.32 Å². The maximum atomic E-state index is 12.6. The Morgan fingerprint density at radius 2 is 1.88 bits per heavy atom. The van der Waals surface area contributed by atoms with Gasteiger partial charge in [0.05, 0.1) is 6.54 Å². The quantitative estimate of drug-likeness (QED) is 0.723. The molecular formula is C19H27NO4. The summed E-state index contributed by atoms with van der Waals surface area (Å²) in [7, 11) is 0. The van der Waals surface area contributed by atoms with Gasteiger partial charge in [-0.1, -0.05) is 27.2 Å². The highest BCUT2D eigenvalue weighted by molar-refractivity contribution is 6.00. The van der Waals surface area contributed by atoms with Crippen LogP contribution in [0.15, 0.2) is 24.3 Å². The Hall–Kier alpha value is -1.88. The zero-order valence-electron chi connectivity index (χ0n) is 14.6. The number of phenols is 1. The average Bonchev–Trinajstić information content (AvgIpc) is 2.52. The van der Waals surface area contributed by atoms with Gasteiger partial charge < -0.3 is 15.5 Å². The number of aliphatic hydroxyl groups is 1. The Balaban J connectivity index is 2.04. The number of phenolic OH excluding ortho intramolecular Hbond substituents is 1. The third kappa shape index (κ3) is 3.96. The molecule has 0 aliphatic heterocycles. The number of benzene rings is 1. The van der Waals surface area contributed by atoms with E-state index in [-0.39, 0.29) is 35.8 Å². The summed E-state index contributed by atoms with van der Waals surface area (Å²) in [6.45, 7) is 5.91. The van der Waals surface area contributed by atoms with Gasteiger partial charge >= 0.3 is 0 Å². The van der Waals surface area contributed by atoms with Crippen LogP contribution < -0.4 is 5.32 Å². The first kappa shape index (κ1) is 18.5. The van der Waals surface area contributed by atoms with Gasteiger partial charge in [0, 0.05) is 5.56 Å². The van der Waals surface area contributed by atoms with Crippen LogP contribution in [0.25, 0.3) is 0 Å². The highest BCUT2D eigenvalue weighted by atomic mass is 16.3. The third-order valence-electron chi connectivity index (χ3n) is 5.04. The molecule has 1 aromatic carbocycles. The molecule has 1 fully saturated rings. The highest BCUT2D eigenvalue weighted by Crippen LogP contribution is 2.41. The van der Waals surface area contributed by atoms with Gasteiger partial charge in [0.25, 0.3) is 5.91 Å². The lowest BCUT2D eigenvalue weighted by Crippen LogP contribution is -2.56. The molecule has 0 spiro atoms. The molecule has 1 aliphatic carbocycles. The predicted molar refractivity (Wildman–Crippen MR) is 91.7 cm³/mol. The first-order valence-electron chi connectivity index (χ1n) is 8.57. The lowest BCUT2D eigenvalue weighted by atomic mass is 9.66. The minimum atomic E-state index is -1.42. The standard InChI is InChI=1S/C19H27NO4/c1-12(2)16-9-4-13(3)10-19(16,24)18(23)20-11-17(22)14-5-7-15(21)8-6-14/h5-8,12-13,16,21,24H,4,9-11H2,1-3H3,(H,20,23)/t13-,16+,19+/m1/s1. The van der Waals surface area contributed by atoms with Crippen LogP contribution in [-0.4, -0.2) is 34.0 Å². The zero-order chi connectivity index (χ0) is 17.9. The Labute approximate surface area is 143 Å². The summed E-state index contributed by atoms with van der Waals surface area (Å²) in [5.41, 5.74) is -1.00. The molecule has 0 unspecified atom stereocenters. The van der Waals surface area contributed by atoms with E-state index in [0.29, 0.717) is 12.0 Å². The fourth-order valence-electron chi connectivity index (χ4n) is 3.70. The molecule has 0 bridgehead atoms. The summed E-state index contributed by atoms with van der Waals surface area (Å²) >= 11 is 0. The van der Waals surface area contributed by atoms with Crippen molar-refractivity contribution in [3.8, 4) is 5.75 Å². The van der Waals surface area contributed by atoms with Crippen molar-refractivity contribution in [1.82, 2.24) is 5.32 Å². The summed E-state index contributed by atoms with van der Waals surface area (Å²) in [4.78, 5) is 24.8. The largest absolute Gasteiger partial charge is 0.508 e. The van der Waals surface area contributed by atoms with E-state index < -0.39 is 11.5 Å². The molecule has 0 aromatic heterocycles. The number of hydrogen-bond donors (Lipinski definition) is 3. The lowest BCUT2D eigenvalue weighted by molar-refractivity contribution is -0.155. The smallest absolute Gasteiger partial charge is 0.252 e. The molecule has 3 N–H and O–H groups in total. The first-order valence-corrected chi connectivity index (χ1v) is 8.57. The second-order valence-electron chi connectivity index (χ2n) is 7.31. The van der Waals surface area contributed by atoms with Crippen molar-refractivity contribution in [2.24, 2.45) is 17.8 Å². The molecule has 2 rings (SSSR count). The molecule has 5 heteroatoms. The number of nitrogens with one attached hydrogen (secondary N) is 1.